The zero-order valence-electron chi connectivity index (χ0n) is 10.9. The van der Waals surface area contributed by atoms with E-state index in [1.165, 1.54) is 58.0 Å². The number of rotatable bonds is 3. The molecule has 2 atom stereocenters. The molecule has 2 saturated heterocycles. The second-order valence-electron chi connectivity index (χ2n) is 6.15. The van der Waals surface area contributed by atoms with Gasteiger partial charge in [0.1, 0.15) is 0 Å². The highest BCUT2D eigenvalue weighted by Crippen LogP contribution is 2.42. The molecule has 0 bridgehead atoms. The summed E-state index contributed by atoms with van der Waals surface area (Å²) in [5.41, 5.74) is 7.01. The summed E-state index contributed by atoms with van der Waals surface area (Å²) in [5.74, 6) is 0.605. The molecule has 0 spiro atoms. The minimum Gasteiger partial charge on any atom is -0.381 e. The lowest BCUT2D eigenvalue weighted by molar-refractivity contribution is 0.0631. The molecule has 1 saturated carbocycles. The van der Waals surface area contributed by atoms with Crippen LogP contribution in [0.25, 0.3) is 0 Å². The fourth-order valence-corrected chi connectivity index (χ4v) is 4.28. The molecule has 2 unspecified atom stereocenters. The third-order valence-corrected chi connectivity index (χ3v) is 5.30. The molecule has 2 N–H and O–H groups in total. The Bertz CT molecular complexity index is 251. The van der Waals surface area contributed by atoms with Crippen molar-refractivity contribution in [2.75, 3.05) is 26.3 Å². The van der Waals surface area contributed by atoms with Gasteiger partial charge in [0.2, 0.25) is 0 Å². The summed E-state index contributed by atoms with van der Waals surface area (Å²) in [5, 5.41) is 0. The highest BCUT2D eigenvalue weighted by Gasteiger charge is 2.48. The molecule has 0 aromatic heterocycles. The third-order valence-electron chi connectivity index (χ3n) is 5.30. The van der Waals surface area contributed by atoms with E-state index in [2.05, 4.69) is 4.90 Å². The highest BCUT2D eigenvalue weighted by atomic mass is 16.5. The van der Waals surface area contributed by atoms with Gasteiger partial charge >= 0.3 is 0 Å². The van der Waals surface area contributed by atoms with Crippen molar-refractivity contribution in [2.24, 2.45) is 11.7 Å². The van der Waals surface area contributed by atoms with Gasteiger partial charge in [-0.1, -0.05) is 12.8 Å². The van der Waals surface area contributed by atoms with Gasteiger partial charge in [0.15, 0.2) is 0 Å². The Morgan fingerprint density at radius 1 is 1.12 bits per heavy atom. The predicted molar refractivity (Wildman–Crippen MR) is 68.9 cm³/mol. The quantitative estimate of drug-likeness (QED) is 0.814. The first-order chi connectivity index (χ1) is 8.33. The van der Waals surface area contributed by atoms with Crippen LogP contribution in [0.1, 0.15) is 44.9 Å². The number of hydrogen-bond donors (Lipinski definition) is 1. The maximum atomic E-state index is 6.68. The molecule has 3 rings (SSSR count). The maximum absolute atomic E-state index is 6.68. The van der Waals surface area contributed by atoms with Gasteiger partial charge in [-0.05, 0) is 45.2 Å². The van der Waals surface area contributed by atoms with Crippen molar-refractivity contribution in [3.05, 3.63) is 0 Å². The maximum Gasteiger partial charge on any atom is 0.0510 e. The van der Waals surface area contributed by atoms with E-state index in [4.69, 9.17) is 10.5 Å². The molecule has 0 aromatic carbocycles. The minimum absolute atomic E-state index is 0.328. The number of ether oxygens (including phenoxy) is 1. The summed E-state index contributed by atoms with van der Waals surface area (Å²) in [6.07, 6.45) is 9.31. The van der Waals surface area contributed by atoms with Crippen LogP contribution in [-0.4, -0.2) is 42.8 Å². The zero-order valence-corrected chi connectivity index (χ0v) is 10.9. The number of likely N-dealkylation sites (tertiary alicyclic amines) is 1. The van der Waals surface area contributed by atoms with Crippen molar-refractivity contribution >= 4 is 0 Å². The lowest BCUT2D eigenvalue weighted by atomic mass is 9.79. The fourth-order valence-electron chi connectivity index (χ4n) is 4.28. The molecule has 0 aromatic rings. The summed E-state index contributed by atoms with van der Waals surface area (Å²) in [4.78, 5) is 2.73. The second-order valence-corrected chi connectivity index (χ2v) is 6.15. The Balaban J connectivity index is 1.77. The van der Waals surface area contributed by atoms with Crippen molar-refractivity contribution in [3.8, 4) is 0 Å². The Labute approximate surface area is 105 Å². The summed E-state index contributed by atoms with van der Waals surface area (Å²) < 4.78 is 5.55. The standard InChI is InChI=1S/C14H26N2O/c15-13(12-5-10-17-11-12)14(6-1-2-7-14)16-8-3-4-9-16/h12-13H,1-11,15H2. The van der Waals surface area contributed by atoms with Crippen LogP contribution in [-0.2, 0) is 4.74 Å². The fraction of sp³-hybridized carbons (Fsp3) is 1.00. The van der Waals surface area contributed by atoms with E-state index >= 15 is 0 Å². The lowest BCUT2D eigenvalue weighted by Gasteiger charge is -2.45. The van der Waals surface area contributed by atoms with Gasteiger partial charge in [-0.3, -0.25) is 4.90 Å². The summed E-state index contributed by atoms with van der Waals surface area (Å²) in [7, 11) is 0. The largest absolute Gasteiger partial charge is 0.381 e. The molecule has 3 aliphatic rings. The van der Waals surface area contributed by atoms with Gasteiger partial charge in [-0.2, -0.15) is 0 Å². The number of nitrogens with zero attached hydrogens (tertiary/aromatic N) is 1. The monoisotopic (exact) mass is 238 g/mol. The molecular formula is C14H26N2O. The van der Waals surface area contributed by atoms with Crippen LogP contribution >= 0.6 is 0 Å². The van der Waals surface area contributed by atoms with Crippen LogP contribution in [0.3, 0.4) is 0 Å². The number of nitrogens with two attached hydrogens (primary N) is 1. The van der Waals surface area contributed by atoms with Crippen LogP contribution in [0.5, 0.6) is 0 Å². The van der Waals surface area contributed by atoms with Crippen LogP contribution in [0.4, 0.5) is 0 Å². The summed E-state index contributed by atoms with van der Waals surface area (Å²) in [6.45, 7) is 4.38. The Morgan fingerprint density at radius 2 is 1.82 bits per heavy atom. The minimum atomic E-state index is 0.328. The normalized spacial score (nSPS) is 35.5. The summed E-state index contributed by atoms with van der Waals surface area (Å²) in [6, 6.07) is 0.339. The molecule has 0 radical (unpaired) electrons. The first-order valence-electron chi connectivity index (χ1n) is 7.41. The molecule has 98 valence electrons. The second kappa shape index (κ2) is 4.87. The zero-order chi connectivity index (χ0) is 11.7. The number of hydrogen-bond acceptors (Lipinski definition) is 3. The molecular weight excluding hydrogens is 212 g/mol. The predicted octanol–water partition coefficient (Wildman–Crippen LogP) is 1.76. The molecule has 3 nitrogen and oxygen atoms in total. The van der Waals surface area contributed by atoms with Gasteiger partial charge in [-0.25, -0.2) is 0 Å². The van der Waals surface area contributed by atoms with Crippen molar-refractivity contribution < 1.29 is 4.74 Å². The molecule has 0 amide bonds. The smallest absolute Gasteiger partial charge is 0.0510 e. The van der Waals surface area contributed by atoms with Gasteiger partial charge in [0, 0.05) is 24.1 Å². The lowest BCUT2D eigenvalue weighted by Crippen LogP contribution is -2.60. The molecule has 3 heteroatoms. The first kappa shape index (κ1) is 11.9. The average Bonchev–Trinajstić information content (AvgIpc) is 3.10. The van der Waals surface area contributed by atoms with Crippen molar-refractivity contribution in [1.82, 2.24) is 4.90 Å². The van der Waals surface area contributed by atoms with Gasteiger partial charge < -0.3 is 10.5 Å². The van der Waals surface area contributed by atoms with Gasteiger partial charge in [0.05, 0.1) is 6.61 Å². The Hall–Kier alpha value is -0.120. The van der Waals surface area contributed by atoms with Crippen LogP contribution in [0.2, 0.25) is 0 Å². The molecule has 2 aliphatic heterocycles. The molecule has 2 heterocycles. The van der Waals surface area contributed by atoms with E-state index in [-0.39, 0.29) is 0 Å². The van der Waals surface area contributed by atoms with E-state index < -0.39 is 0 Å². The summed E-state index contributed by atoms with van der Waals surface area (Å²) >= 11 is 0. The van der Waals surface area contributed by atoms with Gasteiger partial charge in [-0.15, -0.1) is 0 Å². The van der Waals surface area contributed by atoms with Crippen LogP contribution < -0.4 is 5.73 Å². The van der Waals surface area contributed by atoms with Crippen molar-refractivity contribution in [1.29, 1.82) is 0 Å². The SMILES string of the molecule is NC(C1CCOC1)C1(N2CCCC2)CCCC1. The van der Waals surface area contributed by atoms with E-state index in [0.29, 0.717) is 17.5 Å². The Morgan fingerprint density at radius 3 is 2.41 bits per heavy atom. The molecule has 17 heavy (non-hydrogen) atoms. The van der Waals surface area contributed by atoms with Crippen molar-refractivity contribution in [2.45, 2.75) is 56.5 Å². The molecule has 1 aliphatic carbocycles. The van der Waals surface area contributed by atoms with Crippen molar-refractivity contribution in [3.63, 3.8) is 0 Å². The highest BCUT2D eigenvalue weighted by molar-refractivity contribution is 5.06. The third kappa shape index (κ3) is 2.02. The van der Waals surface area contributed by atoms with E-state index in [1.807, 2.05) is 0 Å². The van der Waals surface area contributed by atoms with E-state index in [1.54, 1.807) is 0 Å². The van der Waals surface area contributed by atoms with Crippen LogP contribution in [0, 0.1) is 5.92 Å². The topological polar surface area (TPSA) is 38.5 Å². The van der Waals surface area contributed by atoms with Gasteiger partial charge in [0.25, 0.3) is 0 Å². The van der Waals surface area contributed by atoms with Crippen LogP contribution in [0.15, 0.2) is 0 Å². The van der Waals surface area contributed by atoms with E-state index in [9.17, 15) is 0 Å². The first-order valence-corrected chi connectivity index (χ1v) is 7.41. The van der Waals surface area contributed by atoms with E-state index in [0.717, 1.165) is 13.2 Å². The average molecular weight is 238 g/mol. The Kier molecular flexibility index (Phi) is 3.42. The molecule has 3 fully saturated rings.